The van der Waals surface area contributed by atoms with Gasteiger partial charge >= 0.3 is 0 Å². The molecule has 2 rings (SSSR count). The maximum atomic E-state index is 5.78. The highest BCUT2D eigenvalue weighted by molar-refractivity contribution is 6.30. The van der Waals surface area contributed by atoms with Gasteiger partial charge in [-0.05, 0) is 6.07 Å². The highest BCUT2D eigenvalue weighted by atomic mass is 35.5. The number of rotatable bonds is 2. The van der Waals surface area contributed by atoms with Crippen molar-refractivity contribution in [1.82, 2.24) is 9.78 Å². The first-order chi connectivity index (χ1) is 7.19. The van der Waals surface area contributed by atoms with Crippen LogP contribution in [-0.2, 0) is 0 Å². The number of aromatic nitrogens is 2. The van der Waals surface area contributed by atoms with E-state index in [1.807, 2.05) is 6.07 Å². The van der Waals surface area contributed by atoms with Crippen molar-refractivity contribution in [3.8, 4) is 11.4 Å². The number of ether oxygens (including phenoxy) is 1. The van der Waals surface area contributed by atoms with E-state index in [0.29, 0.717) is 16.5 Å². The molecule has 0 unspecified atom stereocenters. The van der Waals surface area contributed by atoms with Crippen LogP contribution in [-0.4, -0.2) is 16.9 Å². The van der Waals surface area contributed by atoms with Gasteiger partial charge in [0.1, 0.15) is 5.75 Å². The summed E-state index contributed by atoms with van der Waals surface area (Å²) in [6, 6.07) is 5.38. The lowest BCUT2D eigenvalue weighted by atomic mass is 10.2. The molecule has 0 aliphatic heterocycles. The number of hydrogen-bond donors (Lipinski definition) is 1. The van der Waals surface area contributed by atoms with Crippen molar-refractivity contribution in [2.45, 2.75) is 0 Å². The molecule has 0 spiro atoms. The first-order valence-electron chi connectivity index (χ1n) is 4.34. The Labute approximate surface area is 92.2 Å². The minimum Gasteiger partial charge on any atom is -0.497 e. The fourth-order valence-electron chi connectivity index (χ4n) is 1.30. The molecule has 1 heterocycles. The van der Waals surface area contributed by atoms with Gasteiger partial charge in [0.25, 0.3) is 0 Å². The van der Waals surface area contributed by atoms with Gasteiger partial charge in [0, 0.05) is 24.0 Å². The zero-order valence-corrected chi connectivity index (χ0v) is 8.90. The van der Waals surface area contributed by atoms with Crippen molar-refractivity contribution in [1.29, 1.82) is 0 Å². The van der Waals surface area contributed by atoms with Gasteiger partial charge in [-0.3, -0.25) is 0 Å². The number of halogens is 1. The molecule has 4 nitrogen and oxygen atoms in total. The first kappa shape index (κ1) is 9.86. The van der Waals surface area contributed by atoms with E-state index in [-0.39, 0.29) is 0 Å². The Morgan fingerprint density at radius 1 is 1.40 bits per heavy atom. The molecular formula is C10H10ClN3O. The molecule has 5 heteroatoms. The maximum Gasteiger partial charge on any atom is 0.123 e. The predicted octanol–water partition coefficient (Wildman–Crippen LogP) is 2.12. The van der Waals surface area contributed by atoms with Crippen molar-refractivity contribution in [3.05, 3.63) is 35.6 Å². The molecule has 0 aliphatic carbocycles. The number of anilines is 1. The SMILES string of the molecule is COc1cc(N)cc(-n2cc(Cl)cn2)c1. The Bertz CT molecular complexity index is 481. The average molecular weight is 224 g/mol. The largest absolute Gasteiger partial charge is 0.497 e. The zero-order chi connectivity index (χ0) is 10.8. The first-order valence-corrected chi connectivity index (χ1v) is 4.72. The lowest BCUT2D eigenvalue weighted by Gasteiger charge is -2.06. The van der Waals surface area contributed by atoms with Crippen LogP contribution in [0.4, 0.5) is 5.69 Å². The minimum atomic E-state index is 0.580. The van der Waals surface area contributed by atoms with E-state index in [9.17, 15) is 0 Å². The molecule has 0 aliphatic rings. The van der Waals surface area contributed by atoms with Crippen LogP contribution in [0.2, 0.25) is 5.02 Å². The molecule has 2 aromatic rings. The molecule has 0 amide bonds. The van der Waals surface area contributed by atoms with Gasteiger partial charge in [-0.25, -0.2) is 4.68 Å². The Hall–Kier alpha value is -1.68. The summed E-state index contributed by atoms with van der Waals surface area (Å²) in [5.74, 6) is 0.691. The van der Waals surface area contributed by atoms with E-state index >= 15 is 0 Å². The molecular weight excluding hydrogens is 214 g/mol. The molecule has 15 heavy (non-hydrogen) atoms. The number of nitrogens with two attached hydrogens (primary N) is 1. The summed E-state index contributed by atoms with van der Waals surface area (Å²) < 4.78 is 6.75. The lowest BCUT2D eigenvalue weighted by Crippen LogP contribution is -1.97. The van der Waals surface area contributed by atoms with Crippen LogP contribution in [0.3, 0.4) is 0 Å². The van der Waals surface area contributed by atoms with Crippen LogP contribution in [0.25, 0.3) is 5.69 Å². The highest BCUT2D eigenvalue weighted by Crippen LogP contribution is 2.21. The second-order valence-corrected chi connectivity index (χ2v) is 3.50. The highest BCUT2D eigenvalue weighted by Gasteiger charge is 2.02. The maximum absolute atomic E-state index is 5.78. The van der Waals surface area contributed by atoms with Gasteiger partial charge in [-0.2, -0.15) is 5.10 Å². The Kier molecular flexibility index (Phi) is 2.51. The Balaban J connectivity index is 2.48. The zero-order valence-electron chi connectivity index (χ0n) is 8.14. The van der Waals surface area contributed by atoms with Gasteiger partial charge in [-0.15, -0.1) is 0 Å². The van der Waals surface area contributed by atoms with E-state index in [0.717, 1.165) is 5.69 Å². The standard InChI is InChI=1S/C10H10ClN3O/c1-15-10-3-8(12)2-9(4-10)14-6-7(11)5-13-14/h2-6H,12H2,1H3. The number of nitrogens with zero attached hydrogens (tertiary/aromatic N) is 2. The summed E-state index contributed by atoms with van der Waals surface area (Å²) in [6.45, 7) is 0. The molecule has 78 valence electrons. The van der Waals surface area contributed by atoms with Gasteiger partial charge in [0.05, 0.1) is 24.0 Å². The van der Waals surface area contributed by atoms with Crippen molar-refractivity contribution in [2.75, 3.05) is 12.8 Å². The summed E-state index contributed by atoms with van der Waals surface area (Å²) in [5, 5.41) is 4.66. The molecule has 0 saturated carbocycles. The topological polar surface area (TPSA) is 53.1 Å². The third kappa shape index (κ3) is 2.05. The number of benzene rings is 1. The van der Waals surface area contributed by atoms with Crippen molar-refractivity contribution in [2.24, 2.45) is 0 Å². The van der Waals surface area contributed by atoms with E-state index in [1.165, 1.54) is 0 Å². The second-order valence-electron chi connectivity index (χ2n) is 3.07. The van der Waals surface area contributed by atoms with Gasteiger partial charge in [0.2, 0.25) is 0 Å². The third-order valence-electron chi connectivity index (χ3n) is 1.96. The number of hydrogen-bond acceptors (Lipinski definition) is 3. The molecule has 2 N–H and O–H groups in total. The third-order valence-corrected chi connectivity index (χ3v) is 2.16. The van der Waals surface area contributed by atoms with Crippen LogP contribution < -0.4 is 10.5 Å². The van der Waals surface area contributed by atoms with Crippen LogP contribution >= 0.6 is 11.6 Å². The van der Waals surface area contributed by atoms with E-state index < -0.39 is 0 Å². The summed E-state index contributed by atoms with van der Waals surface area (Å²) in [7, 11) is 1.59. The van der Waals surface area contributed by atoms with Gasteiger partial charge in [0.15, 0.2) is 0 Å². The van der Waals surface area contributed by atoms with Crippen LogP contribution in [0.5, 0.6) is 5.75 Å². The fraction of sp³-hybridized carbons (Fsp3) is 0.100. The monoisotopic (exact) mass is 223 g/mol. The second kappa shape index (κ2) is 3.82. The molecule has 1 aromatic carbocycles. The molecule has 0 fully saturated rings. The smallest absolute Gasteiger partial charge is 0.123 e. The summed E-state index contributed by atoms with van der Waals surface area (Å²) in [6.07, 6.45) is 3.27. The summed E-state index contributed by atoms with van der Waals surface area (Å²) in [4.78, 5) is 0. The Morgan fingerprint density at radius 3 is 2.80 bits per heavy atom. The van der Waals surface area contributed by atoms with Crippen LogP contribution in [0.1, 0.15) is 0 Å². The van der Waals surface area contributed by atoms with Crippen molar-refractivity contribution in [3.63, 3.8) is 0 Å². The lowest BCUT2D eigenvalue weighted by molar-refractivity contribution is 0.414. The Morgan fingerprint density at radius 2 is 2.20 bits per heavy atom. The number of methoxy groups -OCH3 is 1. The fourth-order valence-corrected chi connectivity index (χ4v) is 1.43. The molecule has 0 saturated heterocycles. The van der Waals surface area contributed by atoms with Crippen molar-refractivity contribution < 1.29 is 4.74 Å². The molecule has 0 bridgehead atoms. The van der Waals surface area contributed by atoms with E-state index in [2.05, 4.69) is 5.10 Å². The normalized spacial score (nSPS) is 10.3. The summed E-state index contributed by atoms with van der Waals surface area (Å²) in [5.41, 5.74) is 7.16. The quantitative estimate of drug-likeness (QED) is 0.794. The van der Waals surface area contributed by atoms with E-state index in [4.69, 9.17) is 22.1 Å². The average Bonchev–Trinajstić information content (AvgIpc) is 2.64. The molecule has 1 aromatic heterocycles. The predicted molar refractivity (Wildman–Crippen MR) is 59.5 cm³/mol. The molecule has 0 atom stereocenters. The van der Waals surface area contributed by atoms with Gasteiger partial charge in [-0.1, -0.05) is 11.6 Å². The van der Waals surface area contributed by atoms with Gasteiger partial charge < -0.3 is 10.5 Å². The number of nitrogen functional groups attached to an aromatic ring is 1. The van der Waals surface area contributed by atoms with Crippen LogP contribution in [0, 0.1) is 0 Å². The van der Waals surface area contributed by atoms with Crippen molar-refractivity contribution >= 4 is 17.3 Å². The summed E-state index contributed by atoms with van der Waals surface area (Å²) >= 11 is 5.78. The van der Waals surface area contributed by atoms with Crippen LogP contribution in [0.15, 0.2) is 30.6 Å². The van der Waals surface area contributed by atoms with E-state index in [1.54, 1.807) is 36.3 Å². The minimum absolute atomic E-state index is 0.580. The molecule has 0 radical (unpaired) electrons.